The second-order valence-electron chi connectivity index (χ2n) is 7.66. The highest BCUT2D eigenvalue weighted by Crippen LogP contribution is 2.43. The average molecular weight is 327 g/mol. The summed E-state index contributed by atoms with van der Waals surface area (Å²) in [6.45, 7) is 13.2. The van der Waals surface area contributed by atoms with Crippen LogP contribution >= 0.6 is 0 Å². The van der Waals surface area contributed by atoms with E-state index in [1.807, 2.05) is 20.8 Å². The van der Waals surface area contributed by atoms with Crippen LogP contribution in [-0.4, -0.2) is 19.8 Å². The molecular weight excluding hydrogens is 302 g/mol. The van der Waals surface area contributed by atoms with Gasteiger partial charge in [0.25, 0.3) is 0 Å². The molecule has 3 rings (SSSR count). The van der Waals surface area contributed by atoms with Crippen molar-refractivity contribution < 1.29 is 4.21 Å². The van der Waals surface area contributed by atoms with Crippen LogP contribution in [0.3, 0.4) is 0 Å². The maximum Gasteiger partial charge on any atom is 0.101 e. The van der Waals surface area contributed by atoms with E-state index < -0.39 is 11.0 Å². The summed E-state index contributed by atoms with van der Waals surface area (Å²) in [7, 11) is -1.06. The van der Waals surface area contributed by atoms with E-state index in [4.69, 9.17) is 0 Å². The monoisotopic (exact) mass is 327 g/mol. The fourth-order valence-corrected chi connectivity index (χ4v) is 4.85. The van der Waals surface area contributed by atoms with Gasteiger partial charge in [-0.25, -0.2) is 8.51 Å². The smallest absolute Gasteiger partial charge is 0.101 e. The van der Waals surface area contributed by atoms with Gasteiger partial charge in [-0.15, -0.1) is 0 Å². The van der Waals surface area contributed by atoms with Crippen molar-refractivity contribution >= 4 is 21.8 Å². The highest BCUT2D eigenvalue weighted by molar-refractivity contribution is 7.84. The van der Waals surface area contributed by atoms with Crippen LogP contribution in [0.15, 0.2) is 54.6 Å². The van der Waals surface area contributed by atoms with Crippen LogP contribution in [0.25, 0.3) is 10.8 Å². The molecule has 2 atom stereocenters. The molecule has 2 aromatic carbocycles. The molecule has 2 aromatic rings. The zero-order valence-corrected chi connectivity index (χ0v) is 15.2. The summed E-state index contributed by atoms with van der Waals surface area (Å²) in [4.78, 5) is 0. The van der Waals surface area contributed by atoms with Gasteiger partial charge in [0.05, 0.1) is 10.3 Å². The minimum absolute atomic E-state index is 0.265. The molecule has 23 heavy (non-hydrogen) atoms. The summed E-state index contributed by atoms with van der Waals surface area (Å²) >= 11 is 0. The SMILES string of the molecule is C=C1CN(S(=O)C(C)(C)C)[C@@](C)(c2ccc3ccccc3c2)C1. The zero-order chi connectivity index (χ0) is 16.8. The van der Waals surface area contributed by atoms with Crippen molar-refractivity contribution in [2.24, 2.45) is 0 Å². The largest absolute Gasteiger partial charge is 0.242 e. The van der Waals surface area contributed by atoms with E-state index in [1.165, 1.54) is 16.3 Å². The number of hydrogen-bond donors (Lipinski definition) is 0. The lowest BCUT2D eigenvalue weighted by Gasteiger charge is -2.38. The molecule has 2 nitrogen and oxygen atoms in total. The Bertz CT molecular complexity index is 790. The van der Waals surface area contributed by atoms with Gasteiger partial charge in [0.2, 0.25) is 0 Å². The van der Waals surface area contributed by atoms with E-state index in [0.717, 1.165) is 12.0 Å². The van der Waals surface area contributed by atoms with Gasteiger partial charge in [0, 0.05) is 6.54 Å². The van der Waals surface area contributed by atoms with E-state index >= 15 is 0 Å². The van der Waals surface area contributed by atoms with Crippen molar-refractivity contribution in [1.29, 1.82) is 0 Å². The summed E-state index contributed by atoms with van der Waals surface area (Å²) in [5.74, 6) is 0. The molecule has 1 saturated heterocycles. The summed E-state index contributed by atoms with van der Waals surface area (Å²) in [6, 6.07) is 15.0. The fraction of sp³-hybridized carbons (Fsp3) is 0.400. The molecule has 3 heteroatoms. The van der Waals surface area contributed by atoms with Crippen LogP contribution in [-0.2, 0) is 16.5 Å². The quantitative estimate of drug-likeness (QED) is 0.727. The average Bonchev–Trinajstić information content (AvgIpc) is 2.81. The lowest BCUT2D eigenvalue weighted by Crippen LogP contribution is -2.45. The van der Waals surface area contributed by atoms with Crippen LogP contribution in [0, 0.1) is 0 Å². The topological polar surface area (TPSA) is 20.3 Å². The Morgan fingerprint density at radius 3 is 2.43 bits per heavy atom. The summed E-state index contributed by atoms with van der Waals surface area (Å²) < 4.78 is 14.9. The summed E-state index contributed by atoms with van der Waals surface area (Å²) in [6.07, 6.45) is 0.854. The first kappa shape index (κ1) is 16.4. The third-order valence-electron chi connectivity index (χ3n) is 4.61. The molecule has 0 bridgehead atoms. The second-order valence-corrected chi connectivity index (χ2v) is 9.82. The van der Waals surface area contributed by atoms with Gasteiger partial charge in [0.1, 0.15) is 11.0 Å². The first-order chi connectivity index (χ1) is 10.7. The van der Waals surface area contributed by atoms with Gasteiger partial charge >= 0.3 is 0 Å². The molecule has 0 radical (unpaired) electrons. The molecule has 1 aliphatic rings. The van der Waals surface area contributed by atoms with Crippen LogP contribution in [0.5, 0.6) is 0 Å². The maximum absolute atomic E-state index is 13.1. The van der Waals surface area contributed by atoms with Crippen molar-refractivity contribution in [3.8, 4) is 0 Å². The molecule has 0 aromatic heterocycles. The summed E-state index contributed by atoms with van der Waals surface area (Å²) in [5, 5.41) is 2.46. The predicted octanol–water partition coefficient (Wildman–Crippen LogP) is 4.78. The van der Waals surface area contributed by atoms with Gasteiger partial charge in [-0.2, -0.15) is 0 Å². The van der Waals surface area contributed by atoms with Gasteiger partial charge in [-0.05, 0) is 56.5 Å². The molecule has 0 aliphatic carbocycles. The van der Waals surface area contributed by atoms with Crippen molar-refractivity contribution in [3.05, 3.63) is 60.2 Å². The first-order valence-corrected chi connectivity index (χ1v) is 9.18. The van der Waals surface area contributed by atoms with Gasteiger partial charge in [0.15, 0.2) is 0 Å². The predicted molar refractivity (Wildman–Crippen MR) is 99.7 cm³/mol. The second kappa shape index (κ2) is 5.57. The Labute approximate surface area is 141 Å². The number of hydrogen-bond acceptors (Lipinski definition) is 1. The molecule has 1 aliphatic heterocycles. The van der Waals surface area contributed by atoms with E-state index in [0.29, 0.717) is 6.54 Å². The van der Waals surface area contributed by atoms with E-state index in [-0.39, 0.29) is 10.3 Å². The molecule has 0 spiro atoms. The van der Waals surface area contributed by atoms with Crippen LogP contribution < -0.4 is 0 Å². The number of nitrogens with zero attached hydrogens (tertiary/aromatic N) is 1. The lowest BCUT2D eigenvalue weighted by atomic mass is 9.88. The van der Waals surface area contributed by atoms with Gasteiger partial charge in [-0.3, -0.25) is 0 Å². The Hall–Kier alpha value is -1.45. The van der Waals surface area contributed by atoms with Crippen molar-refractivity contribution in [2.75, 3.05) is 6.54 Å². The van der Waals surface area contributed by atoms with Gasteiger partial charge < -0.3 is 0 Å². The zero-order valence-electron chi connectivity index (χ0n) is 14.4. The Balaban J connectivity index is 2.09. The van der Waals surface area contributed by atoms with Crippen molar-refractivity contribution in [1.82, 2.24) is 4.31 Å². The molecule has 1 heterocycles. The maximum atomic E-state index is 13.1. The van der Waals surface area contributed by atoms with Crippen LogP contribution in [0.2, 0.25) is 0 Å². The molecule has 1 unspecified atom stereocenters. The molecule has 0 amide bonds. The van der Waals surface area contributed by atoms with Crippen molar-refractivity contribution in [3.63, 3.8) is 0 Å². The Kier molecular flexibility index (Phi) is 3.97. The number of fused-ring (bicyclic) bond motifs is 1. The minimum atomic E-state index is -1.06. The highest BCUT2D eigenvalue weighted by atomic mass is 32.2. The molecule has 0 saturated carbocycles. The van der Waals surface area contributed by atoms with Crippen LogP contribution in [0.1, 0.15) is 39.7 Å². The lowest BCUT2D eigenvalue weighted by molar-refractivity contribution is 0.279. The number of benzene rings is 2. The van der Waals surface area contributed by atoms with E-state index in [9.17, 15) is 4.21 Å². The normalized spacial score (nSPS) is 24.3. The molecular formula is C20H25NOS. The van der Waals surface area contributed by atoms with Gasteiger partial charge in [-0.1, -0.05) is 48.6 Å². The molecule has 0 N–H and O–H groups in total. The molecule has 122 valence electrons. The third-order valence-corrected chi connectivity index (χ3v) is 6.59. The Morgan fingerprint density at radius 2 is 1.78 bits per heavy atom. The summed E-state index contributed by atoms with van der Waals surface area (Å²) in [5.41, 5.74) is 2.10. The highest BCUT2D eigenvalue weighted by Gasteiger charge is 2.45. The van der Waals surface area contributed by atoms with E-state index in [2.05, 4.69) is 60.3 Å². The van der Waals surface area contributed by atoms with Crippen molar-refractivity contribution in [2.45, 2.75) is 44.4 Å². The molecule has 1 fully saturated rings. The standard InChI is InChI=1S/C20H25NOS/c1-15-13-20(5,21(14-15)23(22)19(2,3)4)18-11-10-16-8-6-7-9-17(16)12-18/h6-12H,1,13-14H2,2-5H3/t20-,23?/m1/s1. The van der Waals surface area contributed by atoms with E-state index in [1.54, 1.807) is 0 Å². The minimum Gasteiger partial charge on any atom is -0.242 e. The first-order valence-electron chi connectivity index (χ1n) is 8.07. The third kappa shape index (κ3) is 2.88. The van der Waals surface area contributed by atoms with Crippen LogP contribution in [0.4, 0.5) is 0 Å². The Morgan fingerprint density at radius 1 is 1.13 bits per heavy atom. The number of rotatable bonds is 2. The fourth-order valence-electron chi connectivity index (χ4n) is 3.35.